The molecular weight excluding hydrogens is 1160 g/mol. The SMILES string of the molecule is C=C(C)C(=O)OC1CCCC(C(C)C)C1.C=Cc1cc(C(=O)C(C)C)ccn1.C=Cc1ccnc(C(=O)C(C)C)c1.C=Cc1cn(-c2cccc(NC(=O)C(C)C)c2)cn1.CC(C)C(=O)c1cc(F)ccc1[N+](=O)[O-].[C-]#[N+]/C=C/CNC(=O)c1cccc(C(C)C)c1. The first-order valence-electron chi connectivity index (χ1n) is 30.6. The molecule has 7 rings (SSSR count). The molecule has 3 aromatic carbocycles. The molecule has 3 heterocycles. The molecule has 1 saturated carbocycles. The predicted octanol–water partition coefficient (Wildman–Crippen LogP) is 17.1. The number of halogens is 1. The zero-order valence-corrected chi connectivity index (χ0v) is 55.6. The van der Waals surface area contributed by atoms with Crippen LogP contribution in [0.5, 0.6) is 0 Å². The lowest BCUT2D eigenvalue weighted by Gasteiger charge is -2.31. The Kier molecular flexibility index (Phi) is 34.6. The van der Waals surface area contributed by atoms with Gasteiger partial charge in [-0.1, -0.05) is 140 Å². The first kappa shape index (κ1) is 78.2. The van der Waals surface area contributed by atoms with E-state index in [9.17, 15) is 43.3 Å². The minimum absolute atomic E-state index is 0.00688. The largest absolute Gasteiger partial charge is 0.459 e. The minimum Gasteiger partial charge on any atom is -0.459 e. The average Bonchev–Trinajstić information content (AvgIpc) is 1.29. The molecule has 1 aliphatic carbocycles. The summed E-state index contributed by atoms with van der Waals surface area (Å²) in [6.07, 6.45) is 19.5. The summed E-state index contributed by atoms with van der Waals surface area (Å²) < 4.78 is 20.1. The van der Waals surface area contributed by atoms with Gasteiger partial charge in [-0.05, 0) is 140 Å². The highest BCUT2D eigenvalue weighted by molar-refractivity contribution is 6.01. The van der Waals surface area contributed by atoms with Crippen LogP contribution in [0.4, 0.5) is 15.8 Å². The number of carbonyl (C=O) groups excluding carboxylic acids is 6. The highest BCUT2D eigenvalue weighted by atomic mass is 19.1. The second-order valence-corrected chi connectivity index (χ2v) is 23.4. The summed E-state index contributed by atoms with van der Waals surface area (Å²) >= 11 is 0. The molecule has 17 nitrogen and oxygen atoms in total. The zero-order valence-electron chi connectivity index (χ0n) is 55.6. The van der Waals surface area contributed by atoms with Gasteiger partial charge in [0.25, 0.3) is 11.6 Å². The van der Waals surface area contributed by atoms with Gasteiger partial charge in [-0.15, -0.1) is 0 Å². The standard InChI is InChI=1S/C15H17N3O.C14H16N2O.C13H22O2.2C11H13NO.C10H10FNO3/c1-4-12-9-18(10-16-12)14-7-5-6-13(8-14)17-15(19)11(2)3;1-11(2)12-6-4-7-13(10-12)14(17)16-9-5-8-15-3;1-9(2)11-6-5-7-12(8-11)15-13(14)10(3)4;1-4-10-7-9(5-6-12-10)11(13)8(2)3;1-4-9-5-6-12-10(7-9)11(13)8(2)3;1-6(2)10(13)8-5-7(11)3-4-9(8)12(14)15/h4-11H,1H2,2-3H3,(H,17,19);4-8,10-11H,9H2,1-2H3,(H,16,17);9,11-12H,3,5-8H2,1-2,4H3;2*4-8H,1H2,2-3H3;3-6H,1-2H3/b;8-5+;;;;. The Morgan fingerprint density at radius 3 is 1.97 bits per heavy atom. The van der Waals surface area contributed by atoms with E-state index < -0.39 is 22.4 Å². The van der Waals surface area contributed by atoms with Crippen LogP contribution in [-0.4, -0.2) is 72.2 Å². The Labute approximate surface area is 543 Å². The molecule has 2 atom stereocenters. The van der Waals surface area contributed by atoms with Crippen LogP contribution in [0.3, 0.4) is 0 Å². The van der Waals surface area contributed by atoms with Crippen LogP contribution in [0.2, 0.25) is 0 Å². The van der Waals surface area contributed by atoms with Gasteiger partial charge in [-0.2, -0.15) is 0 Å². The Morgan fingerprint density at radius 1 is 0.750 bits per heavy atom. The van der Waals surface area contributed by atoms with Crippen molar-refractivity contribution in [2.45, 2.75) is 128 Å². The molecule has 1 fully saturated rings. The summed E-state index contributed by atoms with van der Waals surface area (Å²) in [6.45, 7) is 46.3. The third-order valence-electron chi connectivity index (χ3n) is 13.9. The number of imidazole rings is 1. The van der Waals surface area contributed by atoms with Gasteiger partial charge in [-0.3, -0.25) is 44.1 Å². The second kappa shape index (κ2) is 40.7. The third-order valence-corrected chi connectivity index (χ3v) is 13.9. The quantitative estimate of drug-likeness (QED) is 0.0182. The van der Waals surface area contributed by atoms with Crippen LogP contribution in [-0.2, 0) is 14.3 Å². The van der Waals surface area contributed by atoms with E-state index >= 15 is 0 Å². The number of rotatable bonds is 20. The maximum atomic E-state index is 12.9. The van der Waals surface area contributed by atoms with Gasteiger partial charge in [0, 0.05) is 82.9 Å². The van der Waals surface area contributed by atoms with Gasteiger partial charge < -0.3 is 19.9 Å². The summed E-state index contributed by atoms with van der Waals surface area (Å²) in [5.41, 5.74) is 7.23. The van der Waals surface area contributed by atoms with E-state index in [1.165, 1.54) is 19.0 Å². The van der Waals surface area contributed by atoms with Crippen LogP contribution in [0.25, 0.3) is 28.8 Å². The number of amides is 2. The number of nitro groups is 1. The van der Waals surface area contributed by atoms with Crippen LogP contribution in [0.15, 0.2) is 160 Å². The molecule has 2 unspecified atom stereocenters. The average molecular weight is 1260 g/mol. The molecule has 0 radical (unpaired) electrons. The highest BCUT2D eigenvalue weighted by Crippen LogP contribution is 2.32. The molecule has 0 saturated heterocycles. The summed E-state index contributed by atoms with van der Waals surface area (Å²) in [7, 11) is 0. The number of hydrogen-bond donors (Lipinski definition) is 2. The number of benzene rings is 3. The normalized spacial score (nSPS) is 12.9. The van der Waals surface area contributed by atoms with Gasteiger partial charge in [0.1, 0.15) is 17.6 Å². The zero-order chi connectivity index (χ0) is 69.2. The topological polar surface area (TPSA) is 227 Å². The van der Waals surface area contributed by atoms with Crippen molar-refractivity contribution in [3.8, 4) is 5.69 Å². The van der Waals surface area contributed by atoms with E-state index in [1.54, 1.807) is 88.1 Å². The van der Waals surface area contributed by atoms with Crippen molar-refractivity contribution >= 4 is 64.7 Å². The van der Waals surface area contributed by atoms with E-state index in [2.05, 4.69) is 84.4 Å². The number of carbonyl (C=O) groups is 6. The molecule has 6 aromatic rings. The smallest absolute Gasteiger partial charge is 0.333 e. The van der Waals surface area contributed by atoms with Gasteiger partial charge in [0.05, 0.1) is 34.8 Å². The highest BCUT2D eigenvalue weighted by Gasteiger charge is 2.27. The Hall–Kier alpha value is -9.89. The predicted molar refractivity (Wildman–Crippen MR) is 366 cm³/mol. The molecule has 488 valence electrons. The molecule has 0 spiro atoms. The van der Waals surface area contributed by atoms with Gasteiger partial charge in [0.2, 0.25) is 5.91 Å². The number of nitrogens with zero attached hydrogens (tertiary/aromatic N) is 6. The summed E-state index contributed by atoms with van der Waals surface area (Å²) in [6, 6.07) is 25.2. The van der Waals surface area contributed by atoms with E-state index in [1.807, 2.05) is 101 Å². The molecule has 92 heavy (non-hydrogen) atoms. The lowest BCUT2D eigenvalue weighted by molar-refractivity contribution is -0.385. The number of ketones is 3. The molecule has 3 aromatic heterocycles. The first-order chi connectivity index (χ1) is 43.5. The molecule has 2 amide bonds. The lowest BCUT2D eigenvalue weighted by atomic mass is 9.80. The van der Waals surface area contributed by atoms with Crippen LogP contribution >= 0.6 is 0 Å². The number of nitro benzene ring substituents is 1. The van der Waals surface area contributed by atoms with Crippen molar-refractivity contribution in [1.82, 2.24) is 24.8 Å². The van der Waals surface area contributed by atoms with E-state index in [-0.39, 0.29) is 64.5 Å². The fraction of sp³-hybridized carbons (Fsp3) is 0.351. The molecule has 18 heteroatoms. The van der Waals surface area contributed by atoms with Crippen molar-refractivity contribution in [1.29, 1.82) is 0 Å². The molecular formula is C74H91FN8O9. The Morgan fingerprint density at radius 2 is 1.40 bits per heavy atom. The van der Waals surface area contributed by atoms with Gasteiger partial charge in [0.15, 0.2) is 23.5 Å². The maximum absolute atomic E-state index is 12.9. The summed E-state index contributed by atoms with van der Waals surface area (Å²) in [4.78, 5) is 94.6. The Balaban J connectivity index is 0.000000378. The lowest BCUT2D eigenvalue weighted by Crippen LogP contribution is -2.28. The summed E-state index contributed by atoms with van der Waals surface area (Å²) in [5, 5.41) is 16.2. The minimum atomic E-state index is -0.685. The fourth-order valence-electron chi connectivity index (χ4n) is 8.39. The molecule has 0 aliphatic heterocycles. The fourth-order valence-corrected chi connectivity index (χ4v) is 8.39. The van der Waals surface area contributed by atoms with Crippen molar-refractivity contribution in [3.63, 3.8) is 0 Å². The second-order valence-electron chi connectivity index (χ2n) is 23.4. The number of aromatic nitrogens is 4. The van der Waals surface area contributed by atoms with Crippen LogP contribution < -0.4 is 10.6 Å². The number of pyridine rings is 2. The van der Waals surface area contributed by atoms with E-state index in [4.69, 9.17) is 11.3 Å². The monoisotopic (exact) mass is 1250 g/mol. The first-order valence-corrected chi connectivity index (χ1v) is 30.6. The van der Waals surface area contributed by atoms with Crippen molar-refractivity contribution < 1.29 is 42.8 Å². The third kappa shape index (κ3) is 27.9. The van der Waals surface area contributed by atoms with Crippen molar-refractivity contribution in [3.05, 3.63) is 232 Å². The van der Waals surface area contributed by atoms with Crippen molar-refractivity contribution in [2.24, 2.45) is 35.5 Å². The van der Waals surface area contributed by atoms with Crippen molar-refractivity contribution in [2.75, 3.05) is 11.9 Å². The molecule has 0 bridgehead atoms. The number of anilines is 1. The number of hydrogen-bond acceptors (Lipinski definition) is 12. The number of nitrogens with one attached hydrogen (secondary N) is 2. The van der Waals surface area contributed by atoms with Gasteiger partial charge in [-0.25, -0.2) is 19.0 Å². The number of ether oxygens (including phenoxy) is 1. The maximum Gasteiger partial charge on any atom is 0.333 e. The van der Waals surface area contributed by atoms with Crippen LogP contribution in [0.1, 0.15) is 186 Å². The number of esters is 1. The van der Waals surface area contributed by atoms with E-state index in [0.717, 1.165) is 64.9 Å². The molecule has 2 N–H and O–H groups in total. The van der Waals surface area contributed by atoms with E-state index in [0.29, 0.717) is 46.7 Å². The van der Waals surface area contributed by atoms with Gasteiger partial charge >= 0.3 is 5.97 Å². The number of Topliss-reactive ketones (excluding diaryl/α,β-unsaturated/α-hetero) is 3. The van der Waals surface area contributed by atoms with Crippen LogP contribution in [0, 0.1) is 58.0 Å². The Bertz CT molecular complexity index is 3490. The summed E-state index contributed by atoms with van der Waals surface area (Å²) in [5.74, 6) is 0.200. The molecule has 1 aliphatic rings.